The smallest absolute Gasteiger partial charge is 0.243 e. The molecule has 1 aliphatic rings. The summed E-state index contributed by atoms with van der Waals surface area (Å²) in [5.74, 6) is 0.475. The van der Waals surface area contributed by atoms with Crippen LogP contribution in [0.4, 0.5) is 10.2 Å². The summed E-state index contributed by atoms with van der Waals surface area (Å²) in [7, 11) is -3.77. The van der Waals surface area contributed by atoms with Gasteiger partial charge in [-0.3, -0.25) is 0 Å². The normalized spacial score (nSPS) is 15.1. The van der Waals surface area contributed by atoms with E-state index in [2.05, 4.69) is 16.7 Å². The molecule has 3 aromatic rings. The van der Waals surface area contributed by atoms with E-state index < -0.39 is 10.0 Å². The molecule has 1 aromatic heterocycles. The first-order valence-corrected chi connectivity index (χ1v) is 14.1. The number of sulfonamides is 1. The third-order valence-electron chi connectivity index (χ3n) is 6.59. The molecule has 36 heavy (non-hydrogen) atoms. The third-order valence-corrected chi connectivity index (χ3v) is 8.70. The second-order valence-electron chi connectivity index (χ2n) is 8.99. The molecule has 0 radical (unpaired) electrons. The summed E-state index contributed by atoms with van der Waals surface area (Å²) in [5, 5.41) is 5.25. The standard InChI is InChI=1S/C26H33ClFN5O2S/c1-4-13-32(36(34,35)24-11-9-21(27)10-12-24)19-25-20(3)29-33(23-8-6-7-22(28)18-23)26(25)31-16-14-30(5-2)15-17-31/h6-12,18H,4-5,13-17,19H2,1-3H3. The number of aromatic nitrogens is 2. The minimum atomic E-state index is -3.77. The molecule has 0 saturated carbocycles. The molecule has 0 atom stereocenters. The van der Waals surface area contributed by atoms with E-state index in [0.29, 0.717) is 23.7 Å². The first-order valence-electron chi connectivity index (χ1n) is 12.3. The van der Waals surface area contributed by atoms with Crippen LogP contribution in [0.15, 0.2) is 53.4 Å². The van der Waals surface area contributed by atoms with Gasteiger partial charge in [-0.2, -0.15) is 9.40 Å². The fourth-order valence-electron chi connectivity index (χ4n) is 4.59. The van der Waals surface area contributed by atoms with E-state index in [1.165, 1.54) is 28.6 Å². The molecule has 1 saturated heterocycles. The van der Waals surface area contributed by atoms with Gasteiger partial charge in [0.2, 0.25) is 10.0 Å². The molecule has 7 nitrogen and oxygen atoms in total. The zero-order valence-electron chi connectivity index (χ0n) is 21.0. The van der Waals surface area contributed by atoms with Gasteiger partial charge in [0.25, 0.3) is 0 Å². The van der Waals surface area contributed by atoms with Crippen LogP contribution in [0, 0.1) is 12.7 Å². The lowest BCUT2D eigenvalue weighted by Crippen LogP contribution is -2.47. The lowest BCUT2D eigenvalue weighted by Gasteiger charge is -2.36. The second-order valence-corrected chi connectivity index (χ2v) is 11.4. The van der Waals surface area contributed by atoms with Crippen LogP contribution in [0.3, 0.4) is 0 Å². The van der Waals surface area contributed by atoms with Crippen molar-refractivity contribution < 1.29 is 12.8 Å². The highest BCUT2D eigenvalue weighted by atomic mass is 35.5. The summed E-state index contributed by atoms with van der Waals surface area (Å²) in [6, 6.07) is 12.6. The molecule has 2 heterocycles. The summed E-state index contributed by atoms with van der Waals surface area (Å²) in [5.41, 5.74) is 2.16. The highest BCUT2D eigenvalue weighted by molar-refractivity contribution is 7.89. The number of nitrogens with zero attached hydrogens (tertiary/aromatic N) is 5. The van der Waals surface area contributed by atoms with Gasteiger partial charge in [-0.1, -0.05) is 31.5 Å². The van der Waals surface area contributed by atoms with E-state index in [0.717, 1.165) is 49.8 Å². The van der Waals surface area contributed by atoms with Crippen LogP contribution >= 0.6 is 11.6 Å². The van der Waals surface area contributed by atoms with Crippen molar-refractivity contribution in [3.8, 4) is 5.69 Å². The van der Waals surface area contributed by atoms with Crippen molar-refractivity contribution in [1.29, 1.82) is 0 Å². The van der Waals surface area contributed by atoms with Gasteiger partial charge < -0.3 is 9.80 Å². The molecule has 1 fully saturated rings. The summed E-state index contributed by atoms with van der Waals surface area (Å²) in [6.45, 7) is 10.8. The molecular weight excluding hydrogens is 501 g/mol. The highest BCUT2D eigenvalue weighted by Crippen LogP contribution is 2.31. The predicted molar refractivity (Wildman–Crippen MR) is 142 cm³/mol. The van der Waals surface area contributed by atoms with E-state index in [4.69, 9.17) is 16.7 Å². The fourth-order valence-corrected chi connectivity index (χ4v) is 6.21. The molecule has 0 N–H and O–H groups in total. The lowest BCUT2D eigenvalue weighted by atomic mass is 10.2. The first kappa shape index (κ1) is 26.6. The molecule has 2 aromatic carbocycles. The van der Waals surface area contributed by atoms with Gasteiger partial charge in [0.05, 0.1) is 16.3 Å². The quantitative estimate of drug-likeness (QED) is 0.398. The van der Waals surface area contributed by atoms with Gasteiger partial charge in [0.1, 0.15) is 11.6 Å². The molecule has 194 valence electrons. The van der Waals surface area contributed by atoms with Gasteiger partial charge in [-0.25, -0.2) is 17.5 Å². The van der Waals surface area contributed by atoms with Crippen molar-refractivity contribution in [2.45, 2.75) is 38.6 Å². The average Bonchev–Trinajstić information content (AvgIpc) is 3.20. The monoisotopic (exact) mass is 533 g/mol. The van der Waals surface area contributed by atoms with Crippen LogP contribution in [0.5, 0.6) is 0 Å². The number of likely N-dealkylation sites (N-methyl/N-ethyl adjacent to an activating group) is 1. The van der Waals surface area contributed by atoms with E-state index in [1.807, 2.05) is 19.9 Å². The van der Waals surface area contributed by atoms with E-state index >= 15 is 0 Å². The highest BCUT2D eigenvalue weighted by Gasteiger charge is 2.30. The molecule has 0 aliphatic carbocycles. The topological polar surface area (TPSA) is 61.7 Å². The zero-order chi connectivity index (χ0) is 25.9. The number of anilines is 1. The third kappa shape index (κ3) is 5.59. The van der Waals surface area contributed by atoms with Crippen molar-refractivity contribution in [1.82, 2.24) is 19.0 Å². The largest absolute Gasteiger partial charge is 0.354 e. The Labute approximate surface area is 218 Å². The number of rotatable bonds is 9. The van der Waals surface area contributed by atoms with Crippen LogP contribution in [-0.2, 0) is 16.6 Å². The van der Waals surface area contributed by atoms with Gasteiger partial charge in [0.15, 0.2) is 0 Å². The molecule has 1 aliphatic heterocycles. The second kappa shape index (κ2) is 11.3. The van der Waals surface area contributed by atoms with Crippen LogP contribution in [0.2, 0.25) is 5.02 Å². The summed E-state index contributed by atoms with van der Waals surface area (Å²) in [6.07, 6.45) is 0.661. The molecule has 0 amide bonds. The van der Waals surface area contributed by atoms with Crippen LogP contribution < -0.4 is 4.90 Å². The molecule has 0 bridgehead atoms. The Balaban J connectivity index is 1.78. The van der Waals surface area contributed by atoms with E-state index in [1.54, 1.807) is 22.9 Å². The average molecular weight is 534 g/mol. The van der Waals surface area contributed by atoms with Crippen LogP contribution in [-0.4, -0.2) is 66.7 Å². The molecular formula is C26H33ClFN5O2S. The van der Waals surface area contributed by atoms with Crippen molar-refractivity contribution in [2.24, 2.45) is 0 Å². The molecule has 0 unspecified atom stereocenters. The van der Waals surface area contributed by atoms with Crippen molar-refractivity contribution in [3.05, 3.63) is 70.6 Å². The molecule has 10 heteroatoms. The maximum atomic E-state index is 14.2. The number of piperazine rings is 1. The molecule has 4 rings (SSSR count). The Morgan fingerprint density at radius 2 is 1.75 bits per heavy atom. The number of benzene rings is 2. The predicted octanol–water partition coefficient (Wildman–Crippen LogP) is 4.72. The van der Waals surface area contributed by atoms with Crippen molar-refractivity contribution in [3.63, 3.8) is 0 Å². The maximum Gasteiger partial charge on any atom is 0.243 e. The zero-order valence-corrected chi connectivity index (χ0v) is 22.6. The summed E-state index contributed by atoms with van der Waals surface area (Å²) in [4.78, 5) is 4.82. The van der Waals surface area contributed by atoms with E-state index in [-0.39, 0.29) is 17.3 Å². The number of hydrogen-bond acceptors (Lipinski definition) is 5. The Morgan fingerprint density at radius 1 is 1.06 bits per heavy atom. The number of aryl methyl sites for hydroxylation is 1. The van der Waals surface area contributed by atoms with Gasteiger partial charge in [-0.05, 0) is 62.4 Å². The maximum absolute atomic E-state index is 14.2. The van der Waals surface area contributed by atoms with Crippen molar-refractivity contribution >= 4 is 27.4 Å². The van der Waals surface area contributed by atoms with Gasteiger partial charge >= 0.3 is 0 Å². The number of hydrogen-bond donors (Lipinski definition) is 0. The first-order chi connectivity index (χ1) is 17.2. The lowest BCUT2D eigenvalue weighted by molar-refractivity contribution is 0.269. The molecule has 0 spiro atoms. The van der Waals surface area contributed by atoms with Crippen molar-refractivity contribution in [2.75, 3.05) is 44.2 Å². The van der Waals surface area contributed by atoms with Gasteiger partial charge in [-0.15, -0.1) is 0 Å². The van der Waals surface area contributed by atoms with E-state index in [9.17, 15) is 12.8 Å². The Hall–Kier alpha value is -2.46. The Kier molecular flexibility index (Phi) is 8.34. The Morgan fingerprint density at radius 3 is 2.36 bits per heavy atom. The fraction of sp³-hybridized carbons (Fsp3) is 0.423. The summed E-state index contributed by atoms with van der Waals surface area (Å²) >= 11 is 6.00. The van der Waals surface area contributed by atoms with Crippen LogP contribution in [0.1, 0.15) is 31.5 Å². The SMILES string of the molecule is CCCN(Cc1c(C)nn(-c2cccc(F)c2)c1N1CCN(CC)CC1)S(=O)(=O)c1ccc(Cl)cc1. The Bertz CT molecular complexity index is 1290. The number of halogens is 2. The minimum absolute atomic E-state index is 0.170. The van der Waals surface area contributed by atoms with Gasteiger partial charge in [0, 0.05) is 49.9 Å². The summed E-state index contributed by atoms with van der Waals surface area (Å²) < 4.78 is 44.7. The van der Waals surface area contributed by atoms with Crippen LogP contribution in [0.25, 0.3) is 5.69 Å². The minimum Gasteiger partial charge on any atom is -0.354 e.